The molecular weight excluding hydrogens is 118 g/mol. The van der Waals surface area contributed by atoms with Crippen LogP contribution in [-0.2, 0) is 4.79 Å². The molecule has 0 bridgehead atoms. The number of hydrazine groups is 1. The average Bonchev–Trinajstić information content (AvgIpc) is 1.82. The van der Waals surface area contributed by atoms with Crippen molar-refractivity contribution >= 4 is 5.91 Å². The lowest BCUT2D eigenvalue weighted by molar-refractivity contribution is -0.129. The molecule has 0 rings (SSSR count). The molecule has 0 saturated heterocycles. The first-order chi connectivity index (χ1) is 4.18. The van der Waals surface area contributed by atoms with Crippen LogP contribution < -0.4 is 11.6 Å². The number of carbonyl (C=O) groups excluding carboxylic acids is 1. The summed E-state index contributed by atoms with van der Waals surface area (Å²) in [5.41, 5.74) is 5.18. The summed E-state index contributed by atoms with van der Waals surface area (Å²) in [6.45, 7) is 2.54. The van der Waals surface area contributed by atoms with Gasteiger partial charge in [-0.1, -0.05) is 0 Å². The SMILES string of the molecule is CC(=O)N(N)CCCN. The molecule has 0 aliphatic rings. The van der Waals surface area contributed by atoms with Crippen LogP contribution in [0.15, 0.2) is 0 Å². The second-order valence-corrected chi connectivity index (χ2v) is 1.85. The molecule has 0 unspecified atom stereocenters. The fourth-order valence-corrected chi connectivity index (χ4v) is 0.419. The van der Waals surface area contributed by atoms with Crippen LogP contribution >= 0.6 is 0 Å². The van der Waals surface area contributed by atoms with Gasteiger partial charge in [-0.3, -0.25) is 9.80 Å². The summed E-state index contributed by atoms with van der Waals surface area (Å²) in [5, 5.41) is 1.16. The molecular formula is C5H13N3O. The predicted octanol–water partition coefficient (Wildman–Crippen LogP) is -0.943. The van der Waals surface area contributed by atoms with E-state index in [-0.39, 0.29) is 5.91 Å². The fraction of sp³-hybridized carbons (Fsp3) is 0.800. The zero-order valence-corrected chi connectivity index (χ0v) is 5.63. The summed E-state index contributed by atoms with van der Waals surface area (Å²) >= 11 is 0. The monoisotopic (exact) mass is 131 g/mol. The van der Waals surface area contributed by atoms with Crippen molar-refractivity contribution in [1.82, 2.24) is 5.01 Å². The van der Waals surface area contributed by atoms with Crippen LogP contribution in [-0.4, -0.2) is 24.0 Å². The van der Waals surface area contributed by atoms with Crippen LogP contribution in [0.3, 0.4) is 0 Å². The Kier molecular flexibility index (Phi) is 4.00. The normalized spacial score (nSPS) is 9.22. The second kappa shape index (κ2) is 4.29. The van der Waals surface area contributed by atoms with Crippen LogP contribution in [0.4, 0.5) is 0 Å². The minimum Gasteiger partial charge on any atom is -0.330 e. The molecule has 9 heavy (non-hydrogen) atoms. The maximum atomic E-state index is 10.4. The van der Waals surface area contributed by atoms with Crippen LogP contribution in [0, 0.1) is 0 Å². The number of carbonyl (C=O) groups is 1. The largest absolute Gasteiger partial charge is 0.330 e. The Balaban J connectivity index is 3.27. The Bertz CT molecular complexity index is 94.2. The first-order valence-corrected chi connectivity index (χ1v) is 2.91. The molecule has 4 N–H and O–H groups in total. The van der Waals surface area contributed by atoms with E-state index in [9.17, 15) is 4.79 Å². The van der Waals surface area contributed by atoms with Crippen LogP contribution in [0.5, 0.6) is 0 Å². The van der Waals surface area contributed by atoms with Gasteiger partial charge in [-0.05, 0) is 13.0 Å². The number of hydrogen-bond acceptors (Lipinski definition) is 3. The summed E-state index contributed by atoms with van der Waals surface area (Å²) in [6.07, 6.45) is 0.760. The van der Waals surface area contributed by atoms with E-state index in [1.165, 1.54) is 6.92 Å². The molecule has 0 heterocycles. The van der Waals surface area contributed by atoms with E-state index in [1.807, 2.05) is 0 Å². The van der Waals surface area contributed by atoms with E-state index in [0.29, 0.717) is 13.1 Å². The molecule has 0 spiro atoms. The van der Waals surface area contributed by atoms with Crippen LogP contribution in [0.2, 0.25) is 0 Å². The fourth-order valence-electron chi connectivity index (χ4n) is 0.419. The third-order valence-electron chi connectivity index (χ3n) is 1.01. The van der Waals surface area contributed by atoms with E-state index in [1.54, 1.807) is 0 Å². The number of nitrogens with zero attached hydrogens (tertiary/aromatic N) is 1. The Morgan fingerprint density at radius 3 is 2.56 bits per heavy atom. The van der Waals surface area contributed by atoms with Crippen LogP contribution in [0.1, 0.15) is 13.3 Å². The van der Waals surface area contributed by atoms with Gasteiger partial charge in [0.25, 0.3) is 0 Å². The highest BCUT2D eigenvalue weighted by Gasteiger charge is 1.98. The van der Waals surface area contributed by atoms with Gasteiger partial charge >= 0.3 is 0 Å². The standard InChI is InChI=1S/C5H13N3O/c1-5(9)8(7)4-2-3-6/h2-4,6-7H2,1H3. The maximum Gasteiger partial charge on any atom is 0.233 e. The van der Waals surface area contributed by atoms with Crippen molar-refractivity contribution < 1.29 is 4.79 Å². The molecule has 0 aliphatic heterocycles. The molecule has 0 aromatic heterocycles. The van der Waals surface area contributed by atoms with Gasteiger partial charge in [-0.15, -0.1) is 0 Å². The Morgan fingerprint density at radius 1 is 1.67 bits per heavy atom. The number of rotatable bonds is 3. The summed E-state index contributed by atoms with van der Waals surface area (Å²) in [7, 11) is 0. The smallest absolute Gasteiger partial charge is 0.233 e. The summed E-state index contributed by atoms with van der Waals surface area (Å²) in [5.74, 6) is 5.11. The average molecular weight is 131 g/mol. The molecule has 54 valence electrons. The molecule has 4 nitrogen and oxygen atoms in total. The first-order valence-electron chi connectivity index (χ1n) is 2.91. The minimum absolute atomic E-state index is 0.122. The highest BCUT2D eigenvalue weighted by Crippen LogP contribution is 1.81. The first kappa shape index (κ1) is 8.39. The second-order valence-electron chi connectivity index (χ2n) is 1.85. The van der Waals surface area contributed by atoms with E-state index in [4.69, 9.17) is 11.6 Å². The molecule has 4 heteroatoms. The van der Waals surface area contributed by atoms with Gasteiger partial charge in [0.1, 0.15) is 0 Å². The molecule has 0 fully saturated rings. The van der Waals surface area contributed by atoms with Crippen molar-refractivity contribution in [2.75, 3.05) is 13.1 Å². The quantitative estimate of drug-likeness (QED) is 0.295. The third kappa shape index (κ3) is 3.93. The van der Waals surface area contributed by atoms with Gasteiger partial charge in [-0.2, -0.15) is 0 Å². The van der Waals surface area contributed by atoms with E-state index in [2.05, 4.69) is 0 Å². The highest BCUT2D eigenvalue weighted by atomic mass is 16.2. The lowest BCUT2D eigenvalue weighted by atomic mass is 10.4. The summed E-state index contributed by atoms with van der Waals surface area (Å²) < 4.78 is 0. The lowest BCUT2D eigenvalue weighted by Crippen LogP contribution is -2.36. The molecule has 0 aromatic carbocycles. The molecule has 1 amide bonds. The molecule has 0 saturated carbocycles. The van der Waals surface area contributed by atoms with Crippen molar-refractivity contribution in [2.24, 2.45) is 11.6 Å². The van der Waals surface area contributed by atoms with Crippen molar-refractivity contribution in [3.8, 4) is 0 Å². The molecule has 0 atom stereocenters. The summed E-state index contributed by atoms with van der Waals surface area (Å²) in [4.78, 5) is 10.4. The van der Waals surface area contributed by atoms with E-state index >= 15 is 0 Å². The number of hydrogen-bond donors (Lipinski definition) is 2. The topological polar surface area (TPSA) is 72.3 Å². The number of amides is 1. The van der Waals surface area contributed by atoms with Gasteiger partial charge in [0.05, 0.1) is 0 Å². The third-order valence-corrected chi connectivity index (χ3v) is 1.01. The van der Waals surface area contributed by atoms with Gasteiger partial charge in [-0.25, -0.2) is 5.84 Å². The molecule has 0 aromatic rings. The summed E-state index contributed by atoms with van der Waals surface area (Å²) in [6, 6.07) is 0. The predicted molar refractivity (Wildman–Crippen MR) is 35.2 cm³/mol. The Labute approximate surface area is 54.8 Å². The molecule has 0 radical (unpaired) electrons. The molecule has 0 aliphatic carbocycles. The van der Waals surface area contributed by atoms with Crippen LogP contribution in [0.25, 0.3) is 0 Å². The maximum absolute atomic E-state index is 10.4. The minimum atomic E-state index is -0.122. The van der Waals surface area contributed by atoms with E-state index in [0.717, 1.165) is 11.4 Å². The van der Waals surface area contributed by atoms with Gasteiger partial charge in [0.2, 0.25) is 5.91 Å². The lowest BCUT2D eigenvalue weighted by Gasteiger charge is -2.12. The van der Waals surface area contributed by atoms with Gasteiger partial charge < -0.3 is 5.73 Å². The Hall–Kier alpha value is -0.610. The van der Waals surface area contributed by atoms with E-state index < -0.39 is 0 Å². The Morgan fingerprint density at radius 2 is 2.22 bits per heavy atom. The van der Waals surface area contributed by atoms with Crippen molar-refractivity contribution in [1.29, 1.82) is 0 Å². The van der Waals surface area contributed by atoms with Crippen molar-refractivity contribution in [3.63, 3.8) is 0 Å². The van der Waals surface area contributed by atoms with Crippen molar-refractivity contribution in [3.05, 3.63) is 0 Å². The zero-order valence-electron chi connectivity index (χ0n) is 5.63. The van der Waals surface area contributed by atoms with Crippen molar-refractivity contribution in [2.45, 2.75) is 13.3 Å². The number of nitrogens with two attached hydrogens (primary N) is 2. The van der Waals surface area contributed by atoms with Gasteiger partial charge in [0.15, 0.2) is 0 Å². The highest BCUT2D eigenvalue weighted by molar-refractivity contribution is 5.72. The van der Waals surface area contributed by atoms with Gasteiger partial charge in [0, 0.05) is 13.5 Å². The zero-order chi connectivity index (χ0) is 7.28.